The Bertz CT molecular complexity index is 721. The standard InChI is InChI=1S/C11H11N3O4S/c1-7-2-8(5-12-4-7)14-19(17,18)9-3-10(11(15)16)13-6-9/h2-6,13-14H,1H3,(H,15,16). The summed E-state index contributed by atoms with van der Waals surface area (Å²) in [6, 6.07) is 2.67. The van der Waals surface area contributed by atoms with Gasteiger partial charge in [0.2, 0.25) is 0 Å². The van der Waals surface area contributed by atoms with E-state index in [0.717, 1.165) is 17.8 Å². The zero-order valence-electron chi connectivity index (χ0n) is 9.91. The number of hydrogen-bond donors (Lipinski definition) is 3. The molecule has 0 spiro atoms. The van der Waals surface area contributed by atoms with Crippen molar-refractivity contribution in [2.45, 2.75) is 11.8 Å². The van der Waals surface area contributed by atoms with Gasteiger partial charge in [-0.15, -0.1) is 0 Å². The SMILES string of the molecule is Cc1cncc(NS(=O)(=O)c2c[nH]c(C(=O)O)c2)c1. The molecule has 0 fully saturated rings. The molecule has 0 radical (unpaired) electrons. The van der Waals surface area contributed by atoms with Gasteiger partial charge in [0.1, 0.15) is 10.6 Å². The van der Waals surface area contributed by atoms with Crippen LogP contribution in [0.2, 0.25) is 0 Å². The van der Waals surface area contributed by atoms with Crippen LogP contribution in [0.3, 0.4) is 0 Å². The first-order chi connectivity index (χ1) is 8.88. The third-order valence-corrected chi connectivity index (χ3v) is 3.69. The number of nitrogens with one attached hydrogen (secondary N) is 2. The molecular formula is C11H11N3O4S. The van der Waals surface area contributed by atoms with E-state index in [1.54, 1.807) is 19.2 Å². The summed E-state index contributed by atoms with van der Waals surface area (Å²) in [4.78, 5) is 16.8. The Balaban J connectivity index is 2.29. The van der Waals surface area contributed by atoms with Gasteiger partial charge in [-0.05, 0) is 24.6 Å². The van der Waals surface area contributed by atoms with Gasteiger partial charge in [0.05, 0.1) is 11.9 Å². The number of aryl methyl sites for hydroxylation is 1. The van der Waals surface area contributed by atoms with Crippen LogP contribution in [0.15, 0.2) is 35.6 Å². The third-order valence-electron chi connectivity index (χ3n) is 2.32. The zero-order valence-corrected chi connectivity index (χ0v) is 10.7. The maximum atomic E-state index is 12.0. The number of pyridine rings is 1. The molecule has 0 saturated carbocycles. The number of aromatic nitrogens is 2. The number of carboxylic acid groups (broad SMARTS) is 1. The highest BCUT2D eigenvalue weighted by atomic mass is 32.2. The van der Waals surface area contributed by atoms with E-state index in [-0.39, 0.29) is 10.6 Å². The average Bonchev–Trinajstić information content (AvgIpc) is 2.78. The topological polar surface area (TPSA) is 112 Å². The van der Waals surface area contributed by atoms with E-state index in [9.17, 15) is 13.2 Å². The largest absolute Gasteiger partial charge is 0.477 e. The molecule has 7 nitrogen and oxygen atoms in total. The van der Waals surface area contributed by atoms with Crippen LogP contribution in [0, 0.1) is 6.92 Å². The van der Waals surface area contributed by atoms with E-state index in [1.807, 2.05) is 0 Å². The van der Waals surface area contributed by atoms with Crippen LogP contribution in [-0.2, 0) is 10.0 Å². The molecule has 19 heavy (non-hydrogen) atoms. The predicted molar refractivity (Wildman–Crippen MR) is 67.5 cm³/mol. The first-order valence-corrected chi connectivity index (χ1v) is 6.73. The van der Waals surface area contributed by atoms with Gasteiger partial charge in [0.15, 0.2) is 0 Å². The lowest BCUT2D eigenvalue weighted by atomic mass is 10.3. The first kappa shape index (κ1) is 13.1. The second kappa shape index (κ2) is 4.73. The molecule has 0 aliphatic rings. The number of aromatic carboxylic acids is 1. The summed E-state index contributed by atoms with van der Waals surface area (Å²) >= 11 is 0. The van der Waals surface area contributed by atoms with Crippen LogP contribution < -0.4 is 4.72 Å². The minimum atomic E-state index is -3.83. The van der Waals surface area contributed by atoms with Crippen molar-refractivity contribution in [1.29, 1.82) is 0 Å². The molecule has 0 saturated heterocycles. The molecule has 0 amide bonds. The second-order valence-electron chi connectivity index (χ2n) is 3.91. The Hall–Kier alpha value is -2.35. The van der Waals surface area contributed by atoms with Crippen molar-refractivity contribution in [3.8, 4) is 0 Å². The molecule has 2 aromatic rings. The maximum Gasteiger partial charge on any atom is 0.352 e. The molecule has 0 aliphatic carbocycles. The van der Waals surface area contributed by atoms with Gasteiger partial charge in [0, 0.05) is 12.4 Å². The van der Waals surface area contributed by atoms with Crippen molar-refractivity contribution in [3.05, 3.63) is 42.0 Å². The first-order valence-electron chi connectivity index (χ1n) is 5.25. The van der Waals surface area contributed by atoms with Crippen LogP contribution >= 0.6 is 0 Å². The molecular weight excluding hydrogens is 270 g/mol. The number of aromatic amines is 1. The Morgan fingerprint density at radius 3 is 2.68 bits per heavy atom. The van der Waals surface area contributed by atoms with Crippen LogP contribution in [0.1, 0.15) is 16.1 Å². The summed E-state index contributed by atoms with van der Waals surface area (Å²) in [5, 5.41) is 8.73. The Kier molecular flexibility index (Phi) is 3.26. The van der Waals surface area contributed by atoms with E-state index in [0.29, 0.717) is 5.69 Å². The van der Waals surface area contributed by atoms with Crippen LogP contribution in [-0.4, -0.2) is 29.5 Å². The lowest BCUT2D eigenvalue weighted by Gasteiger charge is -2.06. The lowest BCUT2D eigenvalue weighted by molar-refractivity contribution is 0.0691. The normalized spacial score (nSPS) is 11.2. The molecule has 0 atom stereocenters. The monoisotopic (exact) mass is 281 g/mol. The molecule has 0 unspecified atom stereocenters. The summed E-state index contributed by atoms with van der Waals surface area (Å²) in [5.74, 6) is -1.22. The van der Waals surface area contributed by atoms with Gasteiger partial charge in [-0.25, -0.2) is 13.2 Å². The molecule has 2 rings (SSSR count). The minimum absolute atomic E-state index is 0.147. The molecule has 0 bridgehead atoms. The van der Waals surface area contributed by atoms with Crippen LogP contribution in [0.4, 0.5) is 5.69 Å². The van der Waals surface area contributed by atoms with Gasteiger partial charge in [-0.3, -0.25) is 9.71 Å². The molecule has 2 aromatic heterocycles. The smallest absolute Gasteiger partial charge is 0.352 e. The number of carboxylic acids is 1. The summed E-state index contributed by atoms with van der Waals surface area (Å²) in [5.41, 5.74) is 0.932. The van der Waals surface area contributed by atoms with E-state index < -0.39 is 16.0 Å². The predicted octanol–water partition coefficient (Wildman–Crippen LogP) is 1.22. The number of carbonyl (C=O) groups is 1. The third kappa shape index (κ3) is 2.91. The van der Waals surface area contributed by atoms with Crippen molar-refractivity contribution in [3.63, 3.8) is 0 Å². The summed E-state index contributed by atoms with van der Waals surface area (Å²) in [6.45, 7) is 1.78. The van der Waals surface area contributed by atoms with E-state index in [2.05, 4.69) is 14.7 Å². The second-order valence-corrected chi connectivity index (χ2v) is 5.59. The number of H-pyrrole nitrogens is 1. The fraction of sp³-hybridized carbons (Fsp3) is 0.0909. The number of anilines is 1. The Morgan fingerprint density at radius 2 is 2.11 bits per heavy atom. The highest BCUT2D eigenvalue weighted by molar-refractivity contribution is 7.92. The van der Waals surface area contributed by atoms with Gasteiger partial charge in [-0.1, -0.05) is 0 Å². The van der Waals surface area contributed by atoms with Crippen LogP contribution in [0.5, 0.6) is 0 Å². The highest BCUT2D eigenvalue weighted by Gasteiger charge is 2.18. The number of hydrogen-bond acceptors (Lipinski definition) is 4. The summed E-state index contributed by atoms with van der Waals surface area (Å²) in [6.07, 6.45) is 4.08. The van der Waals surface area contributed by atoms with Crippen molar-refractivity contribution in [2.75, 3.05) is 4.72 Å². The van der Waals surface area contributed by atoms with Gasteiger partial charge in [0.25, 0.3) is 10.0 Å². The van der Waals surface area contributed by atoms with Gasteiger partial charge >= 0.3 is 5.97 Å². The lowest BCUT2D eigenvalue weighted by Crippen LogP contribution is -2.12. The van der Waals surface area contributed by atoms with E-state index in [1.165, 1.54) is 6.20 Å². The average molecular weight is 281 g/mol. The molecule has 3 N–H and O–H groups in total. The fourth-order valence-corrected chi connectivity index (χ4v) is 2.50. The van der Waals surface area contributed by atoms with Crippen molar-refractivity contribution in [1.82, 2.24) is 9.97 Å². The Morgan fingerprint density at radius 1 is 1.37 bits per heavy atom. The zero-order chi connectivity index (χ0) is 14.0. The number of sulfonamides is 1. The molecule has 0 aliphatic heterocycles. The quantitative estimate of drug-likeness (QED) is 0.780. The van der Waals surface area contributed by atoms with Crippen molar-refractivity contribution < 1.29 is 18.3 Å². The minimum Gasteiger partial charge on any atom is -0.477 e. The molecule has 0 aromatic carbocycles. The number of rotatable bonds is 4. The molecule has 100 valence electrons. The molecule has 8 heteroatoms. The van der Waals surface area contributed by atoms with E-state index >= 15 is 0 Å². The summed E-state index contributed by atoms with van der Waals surface area (Å²) in [7, 11) is -3.83. The van der Waals surface area contributed by atoms with E-state index in [4.69, 9.17) is 5.11 Å². The number of nitrogens with zero attached hydrogens (tertiary/aromatic N) is 1. The maximum absolute atomic E-state index is 12.0. The van der Waals surface area contributed by atoms with Gasteiger partial charge < -0.3 is 10.1 Å². The highest BCUT2D eigenvalue weighted by Crippen LogP contribution is 2.16. The van der Waals surface area contributed by atoms with Gasteiger partial charge in [-0.2, -0.15) is 0 Å². The Labute approximate surface area is 109 Å². The molecule has 2 heterocycles. The van der Waals surface area contributed by atoms with Crippen LogP contribution in [0.25, 0.3) is 0 Å². The fourth-order valence-electron chi connectivity index (χ4n) is 1.48. The summed E-state index contributed by atoms with van der Waals surface area (Å²) < 4.78 is 26.3. The van der Waals surface area contributed by atoms with Crippen molar-refractivity contribution >= 4 is 21.7 Å². The van der Waals surface area contributed by atoms with Crippen molar-refractivity contribution in [2.24, 2.45) is 0 Å².